The van der Waals surface area contributed by atoms with Gasteiger partial charge in [-0.25, -0.2) is 0 Å². The first-order chi connectivity index (χ1) is 8.65. The van der Waals surface area contributed by atoms with Crippen molar-refractivity contribution >= 4 is 29.5 Å². The van der Waals surface area contributed by atoms with Crippen LogP contribution in [0.3, 0.4) is 0 Å². The van der Waals surface area contributed by atoms with Gasteiger partial charge in [0, 0.05) is 12.8 Å². The minimum Gasteiger partial charge on any atom is -0.344 e. The van der Waals surface area contributed by atoms with Crippen LogP contribution in [0, 0.1) is 5.92 Å². The van der Waals surface area contributed by atoms with E-state index in [4.69, 9.17) is 0 Å². The Morgan fingerprint density at radius 1 is 1.28 bits per heavy atom. The van der Waals surface area contributed by atoms with Crippen LogP contribution in [0.1, 0.15) is 32.1 Å². The Labute approximate surface area is 110 Å². The van der Waals surface area contributed by atoms with Crippen LogP contribution < -0.4 is 10.6 Å². The van der Waals surface area contributed by atoms with Gasteiger partial charge in [0.05, 0.1) is 0 Å². The second-order valence-corrected chi connectivity index (χ2v) is 6.06. The van der Waals surface area contributed by atoms with E-state index in [-0.39, 0.29) is 17.7 Å². The van der Waals surface area contributed by atoms with E-state index in [0.717, 1.165) is 24.3 Å². The summed E-state index contributed by atoms with van der Waals surface area (Å²) < 4.78 is 0. The molecule has 2 heterocycles. The zero-order valence-corrected chi connectivity index (χ0v) is 11.1. The molecule has 18 heavy (non-hydrogen) atoms. The maximum atomic E-state index is 11.8. The molecule has 0 saturated carbocycles. The van der Waals surface area contributed by atoms with Crippen LogP contribution in [-0.2, 0) is 14.4 Å². The van der Waals surface area contributed by atoms with E-state index in [2.05, 4.69) is 10.6 Å². The highest BCUT2D eigenvalue weighted by Gasteiger charge is 2.28. The maximum absolute atomic E-state index is 11.8. The van der Waals surface area contributed by atoms with E-state index in [9.17, 15) is 14.4 Å². The molecule has 2 aliphatic heterocycles. The van der Waals surface area contributed by atoms with Crippen LogP contribution in [0.5, 0.6) is 0 Å². The van der Waals surface area contributed by atoms with Crippen LogP contribution in [0.15, 0.2) is 0 Å². The summed E-state index contributed by atoms with van der Waals surface area (Å²) >= 11 is 1.93. The van der Waals surface area contributed by atoms with Crippen molar-refractivity contribution in [3.05, 3.63) is 0 Å². The van der Waals surface area contributed by atoms with E-state index in [1.165, 1.54) is 0 Å². The molecule has 5 nitrogen and oxygen atoms in total. The summed E-state index contributed by atoms with van der Waals surface area (Å²) in [7, 11) is 0. The number of hydrogen-bond donors (Lipinski definition) is 2. The van der Waals surface area contributed by atoms with Crippen molar-refractivity contribution in [2.24, 2.45) is 5.92 Å². The van der Waals surface area contributed by atoms with Gasteiger partial charge >= 0.3 is 0 Å². The van der Waals surface area contributed by atoms with Crippen molar-refractivity contribution in [2.75, 3.05) is 11.5 Å². The number of thioether (sulfide) groups is 1. The Kier molecular flexibility index (Phi) is 4.63. The van der Waals surface area contributed by atoms with Crippen molar-refractivity contribution in [2.45, 2.75) is 38.1 Å². The van der Waals surface area contributed by atoms with Crippen LogP contribution >= 0.6 is 11.8 Å². The number of nitrogens with one attached hydrogen (secondary N) is 2. The van der Waals surface area contributed by atoms with E-state index in [0.29, 0.717) is 25.2 Å². The minimum atomic E-state index is -0.534. The molecule has 2 aliphatic rings. The monoisotopic (exact) mass is 270 g/mol. The Bertz CT molecular complexity index is 353. The summed E-state index contributed by atoms with van der Waals surface area (Å²) in [4.78, 5) is 34.3. The molecule has 1 atom stereocenters. The molecular weight excluding hydrogens is 252 g/mol. The molecule has 0 aliphatic carbocycles. The summed E-state index contributed by atoms with van der Waals surface area (Å²) in [6.45, 7) is 0. The highest BCUT2D eigenvalue weighted by atomic mass is 32.2. The van der Waals surface area contributed by atoms with Gasteiger partial charge in [-0.15, -0.1) is 0 Å². The van der Waals surface area contributed by atoms with Gasteiger partial charge in [-0.2, -0.15) is 11.8 Å². The molecule has 100 valence electrons. The second-order valence-electron chi connectivity index (χ2n) is 4.83. The predicted octanol–water partition coefficient (Wildman–Crippen LogP) is 0.441. The second kappa shape index (κ2) is 6.22. The fourth-order valence-corrected chi connectivity index (χ4v) is 3.50. The highest BCUT2D eigenvalue weighted by Crippen LogP contribution is 2.25. The van der Waals surface area contributed by atoms with Gasteiger partial charge in [-0.3, -0.25) is 19.7 Å². The molecule has 2 fully saturated rings. The Morgan fingerprint density at radius 3 is 2.67 bits per heavy atom. The lowest BCUT2D eigenvalue weighted by Crippen LogP contribution is -2.52. The molecule has 0 radical (unpaired) electrons. The number of piperidine rings is 1. The third-order valence-corrected chi connectivity index (χ3v) is 4.44. The van der Waals surface area contributed by atoms with Crippen LogP contribution in [-0.4, -0.2) is 35.3 Å². The highest BCUT2D eigenvalue weighted by molar-refractivity contribution is 7.99. The molecule has 0 spiro atoms. The predicted molar refractivity (Wildman–Crippen MR) is 69.0 cm³/mol. The molecule has 3 amide bonds. The van der Waals surface area contributed by atoms with Crippen LogP contribution in [0.25, 0.3) is 0 Å². The van der Waals surface area contributed by atoms with Crippen LogP contribution in [0.2, 0.25) is 0 Å². The summed E-state index contributed by atoms with van der Waals surface area (Å²) in [5, 5.41) is 4.97. The van der Waals surface area contributed by atoms with Crippen molar-refractivity contribution in [3.8, 4) is 0 Å². The van der Waals surface area contributed by atoms with E-state index in [1.54, 1.807) is 0 Å². The lowest BCUT2D eigenvalue weighted by molar-refractivity contribution is -0.137. The van der Waals surface area contributed by atoms with E-state index < -0.39 is 6.04 Å². The smallest absolute Gasteiger partial charge is 0.249 e. The molecule has 1 unspecified atom stereocenters. The summed E-state index contributed by atoms with van der Waals surface area (Å²) in [5.41, 5.74) is 0. The number of rotatable bonds is 3. The molecular formula is C12H18N2O3S. The van der Waals surface area contributed by atoms with Crippen LogP contribution in [0.4, 0.5) is 0 Å². The third-order valence-electron chi connectivity index (χ3n) is 3.39. The first-order valence-corrected chi connectivity index (χ1v) is 7.51. The van der Waals surface area contributed by atoms with E-state index in [1.807, 2.05) is 11.8 Å². The lowest BCUT2D eigenvalue weighted by atomic mass is 9.98. The maximum Gasteiger partial charge on any atom is 0.249 e. The average Bonchev–Trinajstić information content (AvgIpc) is 2.34. The molecule has 0 aromatic carbocycles. The van der Waals surface area contributed by atoms with Gasteiger partial charge in [0.1, 0.15) is 6.04 Å². The van der Waals surface area contributed by atoms with Gasteiger partial charge < -0.3 is 5.32 Å². The number of carbonyl (C=O) groups excluding carboxylic acids is 3. The van der Waals surface area contributed by atoms with Gasteiger partial charge in [-0.1, -0.05) is 0 Å². The zero-order chi connectivity index (χ0) is 13.0. The zero-order valence-electron chi connectivity index (χ0n) is 10.2. The SMILES string of the molecule is O=C1CCC(NC(=O)CC2CCSCC2)C(=O)N1. The Hall–Kier alpha value is -1.04. The first-order valence-electron chi connectivity index (χ1n) is 6.36. The first kappa shape index (κ1) is 13.4. The summed E-state index contributed by atoms with van der Waals surface area (Å²) in [6.07, 6.45) is 3.37. The fourth-order valence-electron chi connectivity index (χ4n) is 2.30. The largest absolute Gasteiger partial charge is 0.344 e. The van der Waals surface area contributed by atoms with Gasteiger partial charge in [0.15, 0.2) is 0 Å². The molecule has 2 N–H and O–H groups in total. The number of hydrogen-bond acceptors (Lipinski definition) is 4. The quantitative estimate of drug-likeness (QED) is 0.730. The molecule has 0 bridgehead atoms. The Morgan fingerprint density at radius 2 is 2.00 bits per heavy atom. The lowest BCUT2D eigenvalue weighted by Gasteiger charge is -2.24. The van der Waals surface area contributed by atoms with Crippen molar-refractivity contribution in [3.63, 3.8) is 0 Å². The van der Waals surface area contributed by atoms with Gasteiger partial charge in [-0.05, 0) is 36.7 Å². The standard InChI is InChI=1S/C12H18N2O3S/c15-10-2-1-9(12(17)14-10)13-11(16)7-8-3-5-18-6-4-8/h8-9H,1-7H2,(H,13,16)(H,14,15,17). The molecule has 6 heteroatoms. The topological polar surface area (TPSA) is 75.3 Å². The number of carbonyl (C=O) groups is 3. The molecule has 0 aromatic heterocycles. The van der Waals surface area contributed by atoms with Gasteiger partial charge in [0.25, 0.3) is 0 Å². The normalized spacial score (nSPS) is 25.7. The average molecular weight is 270 g/mol. The third kappa shape index (κ3) is 3.73. The molecule has 0 aromatic rings. The van der Waals surface area contributed by atoms with Gasteiger partial charge in [0.2, 0.25) is 17.7 Å². The number of amides is 3. The Balaban J connectivity index is 1.76. The minimum absolute atomic E-state index is 0.0681. The summed E-state index contributed by atoms with van der Waals surface area (Å²) in [6, 6.07) is -0.534. The van der Waals surface area contributed by atoms with E-state index >= 15 is 0 Å². The van der Waals surface area contributed by atoms with Crippen molar-refractivity contribution in [1.29, 1.82) is 0 Å². The molecule has 2 saturated heterocycles. The number of imide groups is 1. The van der Waals surface area contributed by atoms with Crippen molar-refractivity contribution < 1.29 is 14.4 Å². The van der Waals surface area contributed by atoms with Crippen molar-refractivity contribution in [1.82, 2.24) is 10.6 Å². The summed E-state index contributed by atoms with van der Waals surface area (Å²) in [5.74, 6) is 1.99. The molecule has 2 rings (SSSR count). The fraction of sp³-hybridized carbons (Fsp3) is 0.750.